The van der Waals surface area contributed by atoms with Gasteiger partial charge in [-0.15, -0.1) is 11.3 Å². The Kier molecular flexibility index (Phi) is 6.93. The van der Waals surface area contributed by atoms with Gasteiger partial charge in [0.1, 0.15) is 0 Å². The lowest BCUT2D eigenvalue weighted by Crippen LogP contribution is -2.51. The molecule has 3 unspecified atom stereocenters. The van der Waals surface area contributed by atoms with E-state index in [0.29, 0.717) is 24.8 Å². The highest BCUT2D eigenvalue weighted by Crippen LogP contribution is 2.26. The molecule has 1 aromatic heterocycles. The highest BCUT2D eigenvalue weighted by molar-refractivity contribution is 7.18. The van der Waals surface area contributed by atoms with Gasteiger partial charge in [0, 0.05) is 19.0 Å². The van der Waals surface area contributed by atoms with Crippen LogP contribution in [-0.4, -0.2) is 29.5 Å². The lowest BCUT2D eigenvalue weighted by Gasteiger charge is -2.24. The van der Waals surface area contributed by atoms with Crippen LogP contribution in [0.5, 0.6) is 0 Å². The summed E-state index contributed by atoms with van der Waals surface area (Å²) >= 11 is 1.61. The summed E-state index contributed by atoms with van der Waals surface area (Å²) in [4.78, 5) is 17.0. The number of aromatic nitrogens is 1. The average molecular weight is 363 g/mol. The molecule has 3 atom stereocenters. The van der Waals surface area contributed by atoms with Gasteiger partial charge in [0.15, 0.2) is 0 Å². The second kappa shape index (κ2) is 8.74. The first-order valence-corrected chi connectivity index (χ1v) is 9.82. The van der Waals surface area contributed by atoms with E-state index >= 15 is 0 Å². The zero-order valence-corrected chi connectivity index (χ0v) is 16.4. The molecule has 0 spiro atoms. The van der Waals surface area contributed by atoms with Gasteiger partial charge in [-0.3, -0.25) is 4.79 Å². The summed E-state index contributed by atoms with van der Waals surface area (Å²) in [6.45, 7) is 8.95. The Hall–Kier alpha value is -1.50. The van der Waals surface area contributed by atoms with E-state index in [1.807, 2.05) is 6.07 Å². The number of amides is 1. The number of carbonyl (C=O) groups is 1. The summed E-state index contributed by atoms with van der Waals surface area (Å²) in [5.41, 5.74) is 14.1. The Morgan fingerprint density at radius 3 is 2.64 bits per heavy atom. The van der Waals surface area contributed by atoms with E-state index in [1.54, 1.807) is 11.3 Å². The third kappa shape index (κ3) is 5.00. The molecular weight excluding hydrogens is 332 g/mol. The van der Waals surface area contributed by atoms with Gasteiger partial charge in [-0.25, -0.2) is 4.98 Å². The van der Waals surface area contributed by atoms with Crippen molar-refractivity contribution in [2.75, 3.05) is 6.54 Å². The number of nitrogens with two attached hydrogens (primary N) is 2. The highest BCUT2D eigenvalue weighted by Gasteiger charge is 2.22. The SMILES string of the molecule is CCC(C)C(CN)NC(=O)C(N)Cc1nc2ccc(C(C)C)cc2s1. The lowest BCUT2D eigenvalue weighted by molar-refractivity contribution is -0.123. The van der Waals surface area contributed by atoms with Crippen LogP contribution in [0.15, 0.2) is 18.2 Å². The zero-order chi connectivity index (χ0) is 18.6. The molecule has 0 fully saturated rings. The fourth-order valence-electron chi connectivity index (χ4n) is 2.72. The monoisotopic (exact) mass is 362 g/mol. The molecule has 0 aliphatic carbocycles. The molecule has 1 amide bonds. The molecule has 1 aromatic carbocycles. The van der Waals surface area contributed by atoms with E-state index in [1.165, 1.54) is 5.56 Å². The van der Waals surface area contributed by atoms with Gasteiger partial charge in [0.25, 0.3) is 0 Å². The first-order valence-electron chi connectivity index (χ1n) is 9.01. The summed E-state index contributed by atoms with van der Waals surface area (Å²) < 4.78 is 1.15. The standard InChI is InChI=1S/C19H30N4OS/c1-5-12(4)16(10-20)23-19(24)14(21)9-18-22-15-7-6-13(11(2)3)8-17(15)25-18/h6-8,11-12,14,16H,5,9-10,20-21H2,1-4H3,(H,23,24). The topological polar surface area (TPSA) is 94.0 Å². The highest BCUT2D eigenvalue weighted by atomic mass is 32.1. The Morgan fingerprint density at radius 2 is 2.04 bits per heavy atom. The fraction of sp³-hybridized carbons (Fsp3) is 0.579. The van der Waals surface area contributed by atoms with E-state index < -0.39 is 6.04 Å². The summed E-state index contributed by atoms with van der Waals surface area (Å²) in [5.74, 6) is 0.660. The van der Waals surface area contributed by atoms with Gasteiger partial charge in [-0.05, 0) is 29.5 Å². The van der Waals surface area contributed by atoms with E-state index in [2.05, 4.69) is 50.1 Å². The molecule has 1 heterocycles. The Bertz CT molecular complexity index is 713. The summed E-state index contributed by atoms with van der Waals surface area (Å²) in [6.07, 6.45) is 1.41. The first-order chi connectivity index (χ1) is 11.8. The second-order valence-corrected chi connectivity index (χ2v) is 8.15. The number of nitrogens with one attached hydrogen (secondary N) is 1. The number of rotatable bonds is 8. The molecular formula is C19H30N4OS. The number of hydrogen-bond donors (Lipinski definition) is 3. The molecule has 138 valence electrons. The molecule has 0 bridgehead atoms. The van der Waals surface area contributed by atoms with Crippen molar-refractivity contribution in [3.63, 3.8) is 0 Å². The Labute approximate surface area is 154 Å². The minimum Gasteiger partial charge on any atom is -0.350 e. The average Bonchev–Trinajstić information content (AvgIpc) is 2.99. The molecule has 6 heteroatoms. The molecule has 5 N–H and O–H groups in total. The minimum atomic E-state index is -0.608. The van der Waals surface area contributed by atoms with Gasteiger partial charge in [0.2, 0.25) is 5.91 Å². The van der Waals surface area contributed by atoms with Gasteiger partial charge >= 0.3 is 0 Å². The van der Waals surface area contributed by atoms with Crippen molar-refractivity contribution in [3.05, 3.63) is 28.8 Å². The summed E-state index contributed by atoms with van der Waals surface area (Å²) in [5, 5.41) is 3.88. The molecule has 2 rings (SSSR count). The molecule has 5 nitrogen and oxygen atoms in total. The fourth-order valence-corrected chi connectivity index (χ4v) is 3.80. The number of benzene rings is 1. The van der Waals surface area contributed by atoms with Gasteiger partial charge < -0.3 is 16.8 Å². The molecule has 0 saturated heterocycles. The molecule has 2 aromatic rings. The van der Waals surface area contributed by atoms with Crippen LogP contribution in [0.4, 0.5) is 0 Å². The molecule has 0 saturated carbocycles. The quantitative estimate of drug-likeness (QED) is 0.673. The van der Waals surface area contributed by atoms with Crippen LogP contribution < -0.4 is 16.8 Å². The number of carbonyl (C=O) groups excluding carboxylic acids is 1. The Balaban J connectivity index is 2.05. The van der Waals surface area contributed by atoms with Crippen LogP contribution in [0, 0.1) is 5.92 Å². The molecule has 0 aliphatic rings. The summed E-state index contributed by atoms with van der Waals surface area (Å²) in [6, 6.07) is 5.70. The van der Waals surface area contributed by atoms with E-state index in [-0.39, 0.29) is 11.9 Å². The van der Waals surface area contributed by atoms with Crippen molar-refractivity contribution in [2.24, 2.45) is 17.4 Å². The number of fused-ring (bicyclic) bond motifs is 1. The maximum Gasteiger partial charge on any atom is 0.237 e. The maximum atomic E-state index is 12.4. The van der Waals surface area contributed by atoms with Crippen molar-refractivity contribution in [2.45, 2.75) is 58.5 Å². The minimum absolute atomic E-state index is 0.0347. The van der Waals surface area contributed by atoms with Crippen LogP contribution in [0.2, 0.25) is 0 Å². The summed E-state index contributed by atoms with van der Waals surface area (Å²) in [7, 11) is 0. The van der Waals surface area contributed by atoms with Gasteiger partial charge in [0.05, 0.1) is 21.3 Å². The molecule has 0 radical (unpaired) electrons. The van der Waals surface area contributed by atoms with Crippen LogP contribution in [0.25, 0.3) is 10.2 Å². The van der Waals surface area contributed by atoms with Crippen LogP contribution in [0.1, 0.15) is 50.6 Å². The third-order valence-electron chi connectivity index (χ3n) is 4.77. The first kappa shape index (κ1) is 19.8. The van der Waals surface area contributed by atoms with Gasteiger partial charge in [-0.2, -0.15) is 0 Å². The third-order valence-corrected chi connectivity index (χ3v) is 5.81. The smallest absolute Gasteiger partial charge is 0.237 e. The normalized spacial score (nSPS) is 15.3. The zero-order valence-electron chi connectivity index (χ0n) is 15.6. The lowest BCUT2D eigenvalue weighted by atomic mass is 9.99. The van der Waals surface area contributed by atoms with Gasteiger partial charge in [-0.1, -0.05) is 40.2 Å². The van der Waals surface area contributed by atoms with Crippen molar-refractivity contribution < 1.29 is 4.79 Å². The van der Waals surface area contributed by atoms with Crippen molar-refractivity contribution in [1.82, 2.24) is 10.3 Å². The largest absolute Gasteiger partial charge is 0.350 e. The predicted molar refractivity (Wildman–Crippen MR) is 106 cm³/mol. The van der Waals surface area contributed by atoms with Crippen LogP contribution >= 0.6 is 11.3 Å². The molecule has 25 heavy (non-hydrogen) atoms. The van der Waals surface area contributed by atoms with E-state index in [4.69, 9.17) is 11.5 Å². The van der Waals surface area contributed by atoms with Crippen LogP contribution in [0.3, 0.4) is 0 Å². The number of hydrogen-bond acceptors (Lipinski definition) is 5. The van der Waals surface area contributed by atoms with Crippen molar-refractivity contribution >= 4 is 27.5 Å². The van der Waals surface area contributed by atoms with Crippen molar-refractivity contribution in [3.8, 4) is 0 Å². The van der Waals surface area contributed by atoms with E-state index in [9.17, 15) is 4.79 Å². The number of thiazole rings is 1. The maximum absolute atomic E-state index is 12.4. The molecule has 0 aliphatic heterocycles. The number of nitrogens with zero attached hydrogens (tertiary/aromatic N) is 1. The second-order valence-electron chi connectivity index (χ2n) is 7.04. The van der Waals surface area contributed by atoms with E-state index in [0.717, 1.165) is 21.6 Å². The van der Waals surface area contributed by atoms with Crippen LogP contribution in [-0.2, 0) is 11.2 Å². The Morgan fingerprint density at radius 1 is 1.32 bits per heavy atom. The van der Waals surface area contributed by atoms with Crippen molar-refractivity contribution in [1.29, 1.82) is 0 Å². The predicted octanol–water partition coefficient (Wildman–Crippen LogP) is 2.78.